The summed E-state index contributed by atoms with van der Waals surface area (Å²) in [5, 5.41) is 0. The summed E-state index contributed by atoms with van der Waals surface area (Å²) in [6.45, 7) is 0.724. The van der Waals surface area contributed by atoms with Crippen molar-refractivity contribution in [3.05, 3.63) is 41.7 Å². The van der Waals surface area contributed by atoms with Gasteiger partial charge in [-0.1, -0.05) is 0 Å². The molecule has 0 unspecified atom stereocenters. The Kier molecular flexibility index (Phi) is 3.67. The van der Waals surface area contributed by atoms with Crippen LogP contribution in [0.1, 0.15) is 23.2 Å². The Morgan fingerprint density at radius 1 is 1.31 bits per heavy atom. The molecule has 0 bridgehead atoms. The van der Waals surface area contributed by atoms with Gasteiger partial charge in [-0.05, 0) is 43.4 Å². The molecular formula is C13H14O2S. The highest BCUT2D eigenvalue weighted by Gasteiger charge is 2.14. The largest absolute Gasteiger partial charge is 0.501 e. The van der Waals surface area contributed by atoms with Gasteiger partial charge in [0, 0.05) is 16.0 Å². The van der Waals surface area contributed by atoms with Crippen LogP contribution in [0, 0.1) is 0 Å². The number of rotatable bonds is 3. The topological polar surface area (TPSA) is 26.3 Å². The van der Waals surface area contributed by atoms with Crippen molar-refractivity contribution in [1.29, 1.82) is 0 Å². The van der Waals surface area contributed by atoms with E-state index in [0.717, 1.165) is 30.6 Å². The second kappa shape index (κ2) is 5.21. The van der Waals surface area contributed by atoms with Crippen LogP contribution in [0.3, 0.4) is 0 Å². The normalized spacial score (nSPS) is 15.2. The SMILES string of the molecule is CSc1ccc(C(=O)C2=COCCC2)cc1. The smallest absolute Gasteiger partial charge is 0.192 e. The fourth-order valence-corrected chi connectivity index (χ4v) is 2.07. The quantitative estimate of drug-likeness (QED) is 0.593. The molecule has 1 aliphatic heterocycles. The number of hydrogen-bond donors (Lipinski definition) is 0. The Bertz CT molecular complexity index is 406. The van der Waals surface area contributed by atoms with Gasteiger partial charge in [0.2, 0.25) is 0 Å². The van der Waals surface area contributed by atoms with Crippen LogP contribution in [0.5, 0.6) is 0 Å². The first-order valence-corrected chi connectivity index (χ1v) is 6.53. The zero-order valence-electron chi connectivity index (χ0n) is 9.23. The fourth-order valence-electron chi connectivity index (χ4n) is 1.66. The lowest BCUT2D eigenvalue weighted by molar-refractivity contribution is 0.101. The van der Waals surface area contributed by atoms with Gasteiger partial charge in [-0.15, -0.1) is 11.8 Å². The summed E-state index contributed by atoms with van der Waals surface area (Å²) in [5.74, 6) is 0.0901. The lowest BCUT2D eigenvalue weighted by Crippen LogP contribution is -2.09. The molecule has 0 atom stereocenters. The van der Waals surface area contributed by atoms with E-state index < -0.39 is 0 Å². The second-order valence-electron chi connectivity index (χ2n) is 3.68. The minimum absolute atomic E-state index is 0.0901. The molecule has 1 aromatic carbocycles. The van der Waals surface area contributed by atoms with Crippen molar-refractivity contribution < 1.29 is 9.53 Å². The third kappa shape index (κ3) is 2.47. The predicted octanol–water partition coefficient (Wildman–Crippen LogP) is 3.29. The molecule has 2 rings (SSSR count). The van der Waals surface area contributed by atoms with E-state index in [1.54, 1.807) is 18.0 Å². The molecule has 1 aliphatic rings. The van der Waals surface area contributed by atoms with E-state index in [1.165, 1.54) is 4.90 Å². The van der Waals surface area contributed by atoms with E-state index in [-0.39, 0.29) is 5.78 Å². The van der Waals surface area contributed by atoms with Crippen molar-refractivity contribution in [2.45, 2.75) is 17.7 Å². The van der Waals surface area contributed by atoms with Gasteiger partial charge in [-0.2, -0.15) is 0 Å². The molecular weight excluding hydrogens is 220 g/mol. The molecule has 0 radical (unpaired) electrons. The van der Waals surface area contributed by atoms with Crippen molar-refractivity contribution in [2.75, 3.05) is 12.9 Å². The van der Waals surface area contributed by atoms with E-state index in [0.29, 0.717) is 0 Å². The molecule has 2 nitrogen and oxygen atoms in total. The maximum atomic E-state index is 12.0. The Hall–Kier alpha value is -1.22. The molecule has 0 saturated heterocycles. The van der Waals surface area contributed by atoms with Gasteiger partial charge in [-0.25, -0.2) is 0 Å². The van der Waals surface area contributed by atoms with Crippen molar-refractivity contribution >= 4 is 17.5 Å². The molecule has 0 N–H and O–H groups in total. The third-order valence-corrected chi connectivity index (χ3v) is 3.32. The summed E-state index contributed by atoms with van der Waals surface area (Å²) in [5.41, 5.74) is 1.53. The molecule has 0 amide bonds. The minimum Gasteiger partial charge on any atom is -0.501 e. The third-order valence-electron chi connectivity index (χ3n) is 2.58. The molecule has 1 heterocycles. The highest BCUT2D eigenvalue weighted by Crippen LogP contribution is 2.20. The van der Waals surface area contributed by atoms with Crippen LogP contribution in [0.4, 0.5) is 0 Å². The summed E-state index contributed by atoms with van der Waals surface area (Å²) >= 11 is 1.67. The molecule has 0 aliphatic carbocycles. The first-order chi connectivity index (χ1) is 7.81. The maximum Gasteiger partial charge on any atom is 0.192 e. The number of carbonyl (C=O) groups excluding carboxylic acids is 1. The summed E-state index contributed by atoms with van der Waals surface area (Å²) in [6.07, 6.45) is 5.38. The summed E-state index contributed by atoms with van der Waals surface area (Å²) < 4.78 is 5.18. The van der Waals surface area contributed by atoms with Crippen LogP contribution in [-0.2, 0) is 4.74 Å². The van der Waals surface area contributed by atoms with Gasteiger partial charge in [-0.3, -0.25) is 4.79 Å². The Balaban J connectivity index is 2.16. The van der Waals surface area contributed by atoms with Gasteiger partial charge >= 0.3 is 0 Å². The molecule has 3 heteroatoms. The van der Waals surface area contributed by atoms with Gasteiger partial charge < -0.3 is 4.74 Å². The zero-order valence-corrected chi connectivity index (χ0v) is 10.0. The number of thioether (sulfide) groups is 1. The zero-order chi connectivity index (χ0) is 11.4. The molecule has 0 saturated carbocycles. The summed E-state index contributed by atoms with van der Waals surface area (Å²) in [7, 11) is 0. The summed E-state index contributed by atoms with van der Waals surface area (Å²) in [6, 6.07) is 7.71. The molecule has 84 valence electrons. The molecule has 0 aromatic heterocycles. The van der Waals surface area contributed by atoms with E-state index in [9.17, 15) is 4.79 Å². The Morgan fingerprint density at radius 3 is 2.62 bits per heavy atom. The van der Waals surface area contributed by atoms with Crippen molar-refractivity contribution in [2.24, 2.45) is 0 Å². The van der Waals surface area contributed by atoms with Crippen LogP contribution < -0.4 is 0 Å². The van der Waals surface area contributed by atoms with Crippen LogP contribution >= 0.6 is 11.8 Å². The van der Waals surface area contributed by atoms with E-state index in [4.69, 9.17) is 4.74 Å². The average molecular weight is 234 g/mol. The number of hydrogen-bond acceptors (Lipinski definition) is 3. The first-order valence-electron chi connectivity index (χ1n) is 5.30. The van der Waals surface area contributed by atoms with Crippen LogP contribution in [0.25, 0.3) is 0 Å². The number of allylic oxidation sites excluding steroid dienone is 1. The number of Topliss-reactive ketones (excluding diaryl/α,β-unsaturated/α-hetero) is 1. The molecule has 1 aromatic rings. The molecule has 0 spiro atoms. The monoisotopic (exact) mass is 234 g/mol. The first kappa shape index (κ1) is 11.3. The van der Waals surface area contributed by atoms with E-state index in [1.807, 2.05) is 30.5 Å². The average Bonchev–Trinajstić information content (AvgIpc) is 2.39. The number of ketones is 1. The number of ether oxygens (including phenoxy) is 1. The van der Waals surface area contributed by atoms with Crippen LogP contribution in [0.2, 0.25) is 0 Å². The summed E-state index contributed by atoms with van der Waals surface area (Å²) in [4.78, 5) is 13.2. The van der Waals surface area contributed by atoms with Gasteiger partial charge in [0.25, 0.3) is 0 Å². The molecule has 16 heavy (non-hydrogen) atoms. The number of benzene rings is 1. The highest BCUT2D eigenvalue weighted by molar-refractivity contribution is 7.98. The van der Waals surface area contributed by atoms with Crippen LogP contribution in [-0.4, -0.2) is 18.6 Å². The minimum atomic E-state index is 0.0901. The standard InChI is InChI=1S/C13H14O2S/c1-16-12-6-4-10(5-7-12)13(14)11-3-2-8-15-9-11/h4-7,9H,2-3,8H2,1H3. The van der Waals surface area contributed by atoms with Crippen molar-refractivity contribution in [3.63, 3.8) is 0 Å². The van der Waals surface area contributed by atoms with Gasteiger partial charge in [0.1, 0.15) is 0 Å². The highest BCUT2D eigenvalue weighted by atomic mass is 32.2. The number of carbonyl (C=O) groups is 1. The van der Waals surface area contributed by atoms with Gasteiger partial charge in [0.05, 0.1) is 12.9 Å². The Morgan fingerprint density at radius 2 is 2.06 bits per heavy atom. The Labute approximate surface area is 99.7 Å². The lowest BCUT2D eigenvalue weighted by Gasteiger charge is -2.12. The van der Waals surface area contributed by atoms with E-state index >= 15 is 0 Å². The van der Waals surface area contributed by atoms with Crippen molar-refractivity contribution in [1.82, 2.24) is 0 Å². The van der Waals surface area contributed by atoms with Gasteiger partial charge in [0.15, 0.2) is 5.78 Å². The molecule has 0 fully saturated rings. The van der Waals surface area contributed by atoms with E-state index in [2.05, 4.69) is 0 Å². The maximum absolute atomic E-state index is 12.0. The van der Waals surface area contributed by atoms with Crippen molar-refractivity contribution in [3.8, 4) is 0 Å². The lowest BCUT2D eigenvalue weighted by atomic mass is 10.00. The second-order valence-corrected chi connectivity index (χ2v) is 4.55. The van der Waals surface area contributed by atoms with Crippen LogP contribution in [0.15, 0.2) is 41.0 Å². The predicted molar refractivity (Wildman–Crippen MR) is 65.8 cm³/mol. The fraction of sp³-hybridized carbons (Fsp3) is 0.308.